The standard InChI is InChI=1S/C13H18BrF2O2S/c1-5-17-8(2)18-7-9-10(14)6-11(15)13(12(9)16)19(3)4/h6,8H,5,7H2,1-4H3/q+1. The van der Waals surface area contributed by atoms with Crippen molar-refractivity contribution in [3.8, 4) is 0 Å². The number of hydrogen-bond acceptors (Lipinski definition) is 2. The zero-order chi connectivity index (χ0) is 14.6. The molecule has 1 aromatic carbocycles. The quantitative estimate of drug-likeness (QED) is 0.569. The average Bonchev–Trinajstić information content (AvgIpc) is 2.27. The van der Waals surface area contributed by atoms with Gasteiger partial charge in [0.25, 0.3) is 0 Å². The van der Waals surface area contributed by atoms with Gasteiger partial charge < -0.3 is 9.47 Å². The van der Waals surface area contributed by atoms with E-state index in [0.29, 0.717) is 16.6 Å². The Morgan fingerprint density at radius 1 is 1.32 bits per heavy atom. The Morgan fingerprint density at radius 3 is 2.47 bits per heavy atom. The van der Waals surface area contributed by atoms with Gasteiger partial charge >= 0.3 is 0 Å². The fourth-order valence-electron chi connectivity index (χ4n) is 1.60. The second-order valence-corrected chi connectivity index (χ2v) is 7.01. The summed E-state index contributed by atoms with van der Waals surface area (Å²) in [6.45, 7) is 4.15. The van der Waals surface area contributed by atoms with Gasteiger partial charge in [0.15, 0.2) is 17.9 Å². The number of rotatable bonds is 6. The molecule has 0 amide bonds. The number of benzene rings is 1. The molecule has 0 N–H and O–H groups in total. The highest BCUT2D eigenvalue weighted by molar-refractivity contribution is 9.10. The van der Waals surface area contributed by atoms with Crippen molar-refractivity contribution in [2.75, 3.05) is 19.1 Å². The molecule has 1 rings (SSSR count). The molecule has 0 aliphatic heterocycles. The first-order valence-electron chi connectivity index (χ1n) is 5.85. The molecular weight excluding hydrogens is 338 g/mol. The molecular formula is C13H18BrF2O2S+. The zero-order valence-corrected chi connectivity index (χ0v) is 13.8. The molecule has 0 aliphatic rings. The van der Waals surface area contributed by atoms with Crippen LogP contribution in [0.2, 0.25) is 0 Å². The first-order chi connectivity index (χ1) is 8.88. The minimum Gasteiger partial charge on any atom is -0.353 e. The van der Waals surface area contributed by atoms with Crippen molar-refractivity contribution in [2.24, 2.45) is 0 Å². The molecule has 0 saturated carbocycles. The molecule has 0 aromatic heterocycles. The van der Waals surface area contributed by atoms with Crippen LogP contribution in [0.4, 0.5) is 8.78 Å². The molecule has 1 unspecified atom stereocenters. The lowest BCUT2D eigenvalue weighted by molar-refractivity contribution is -0.135. The van der Waals surface area contributed by atoms with Crippen LogP contribution in [-0.4, -0.2) is 25.4 Å². The molecule has 2 nitrogen and oxygen atoms in total. The van der Waals surface area contributed by atoms with E-state index in [-0.39, 0.29) is 11.5 Å². The molecule has 0 aliphatic carbocycles. The van der Waals surface area contributed by atoms with E-state index in [1.54, 1.807) is 19.4 Å². The highest BCUT2D eigenvalue weighted by Gasteiger charge is 2.26. The molecule has 1 atom stereocenters. The average molecular weight is 356 g/mol. The van der Waals surface area contributed by atoms with Gasteiger partial charge in [0.05, 0.1) is 6.61 Å². The van der Waals surface area contributed by atoms with E-state index in [4.69, 9.17) is 9.47 Å². The van der Waals surface area contributed by atoms with Crippen molar-refractivity contribution >= 4 is 26.8 Å². The number of hydrogen-bond donors (Lipinski definition) is 0. The Hall–Kier alpha value is -0.170. The predicted octanol–water partition coefficient (Wildman–Crippen LogP) is 3.86. The summed E-state index contributed by atoms with van der Waals surface area (Å²) in [7, 11) is -0.496. The third-order valence-electron chi connectivity index (χ3n) is 2.49. The van der Waals surface area contributed by atoms with Gasteiger partial charge in [-0.15, -0.1) is 0 Å². The van der Waals surface area contributed by atoms with Gasteiger partial charge in [0.2, 0.25) is 4.90 Å². The van der Waals surface area contributed by atoms with E-state index in [1.807, 2.05) is 6.92 Å². The summed E-state index contributed by atoms with van der Waals surface area (Å²) < 4.78 is 39.0. The SMILES string of the molecule is CCOC(C)OCc1c(Br)cc(F)c([S+](C)C)c1F. The van der Waals surface area contributed by atoms with E-state index in [0.717, 1.165) is 0 Å². The fourth-order valence-corrected chi connectivity index (χ4v) is 3.02. The normalized spacial score (nSPS) is 13.1. The molecule has 19 heavy (non-hydrogen) atoms. The van der Waals surface area contributed by atoms with Gasteiger partial charge in [-0.25, -0.2) is 8.78 Å². The maximum Gasteiger partial charge on any atom is 0.226 e. The van der Waals surface area contributed by atoms with Gasteiger partial charge in [0.1, 0.15) is 12.5 Å². The van der Waals surface area contributed by atoms with E-state index < -0.39 is 28.8 Å². The summed E-state index contributed by atoms with van der Waals surface area (Å²) in [5.74, 6) is -1.07. The van der Waals surface area contributed by atoms with Crippen LogP contribution in [0, 0.1) is 11.6 Å². The van der Waals surface area contributed by atoms with Crippen LogP contribution in [0.3, 0.4) is 0 Å². The molecule has 0 radical (unpaired) electrons. The Kier molecular flexibility index (Phi) is 6.73. The van der Waals surface area contributed by atoms with E-state index >= 15 is 0 Å². The van der Waals surface area contributed by atoms with Crippen LogP contribution in [0.1, 0.15) is 19.4 Å². The Balaban J connectivity index is 2.97. The molecule has 0 fully saturated rings. The van der Waals surface area contributed by atoms with Crippen molar-refractivity contribution < 1.29 is 18.3 Å². The van der Waals surface area contributed by atoms with E-state index in [2.05, 4.69) is 15.9 Å². The van der Waals surface area contributed by atoms with Crippen LogP contribution in [0.5, 0.6) is 0 Å². The van der Waals surface area contributed by atoms with Crippen molar-refractivity contribution in [1.29, 1.82) is 0 Å². The Morgan fingerprint density at radius 2 is 1.95 bits per heavy atom. The van der Waals surface area contributed by atoms with Gasteiger partial charge in [-0.1, -0.05) is 15.9 Å². The smallest absolute Gasteiger partial charge is 0.226 e. The summed E-state index contributed by atoms with van der Waals surface area (Å²) >= 11 is 3.17. The Labute approximate surface area is 124 Å². The summed E-state index contributed by atoms with van der Waals surface area (Å²) in [6.07, 6.45) is 3.14. The maximum atomic E-state index is 14.3. The highest BCUT2D eigenvalue weighted by atomic mass is 79.9. The lowest BCUT2D eigenvalue weighted by Gasteiger charge is -2.14. The molecule has 0 heterocycles. The summed E-state index contributed by atoms with van der Waals surface area (Å²) in [6, 6.07) is 1.29. The topological polar surface area (TPSA) is 18.5 Å². The van der Waals surface area contributed by atoms with Gasteiger partial charge in [-0.3, -0.25) is 0 Å². The second kappa shape index (κ2) is 7.57. The molecule has 0 spiro atoms. The van der Waals surface area contributed by atoms with Crippen LogP contribution < -0.4 is 0 Å². The maximum absolute atomic E-state index is 14.3. The van der Waals surface area contributed by atoms with Gasteiger partial charge in [0, 0.05) is 27.5 Å². The lowest BCUT2D eigenvalue weighted by atomic mass is 10.2. The van der Waals surface area contributed by atoms with Crippen molar-refractivity contribution in [2.45, 2.75) is 31.6 Å². The largest absolute Gasteiger partial charge is 0.353 e. The molecule has 0 saturated heterocycles. The van der Waals surface area contributed by atoms with Crippen LogP contribution in [0.15, 0.2) is 15.4 Å². The predicted molar refractivity (Wildman–Crippen MR) is 77.4 cm³/mol. The first kappa shape index (κ1) is 16.9. The second-order valence-electron chi connectivity index (χ2n) is 4.11. The van der Waals surface area contributed by atoms with Crippen molar-refractivity contribution in [3.63, 3.8) is 0 Å². The minimum atomic E-state index is -0.538. The fraction of sp³-hybridized carbons (Fsp3) is 0.538. The third kappa shape index (κ3) is 4.41. The van der Waals surface area contributed by atoms with E-state index in [9.17, 15) is 8.78 Å². The molecule has 0 bridgehead atoms. The monoisotopic (exact) mass is 355 g/mol. The Bertz CT molecular complexity index is 441. The van der Waals surface area contributed by atoms with Crippen molar-refractivity contribution in [1.82, 2.24) is 0 Å². The number of ether oxygens (including phenoxy) is 2. The first-order valence-corrected chi connectivity index (χ1v) is 8.69. The van der Waals surface area contributed by atoms with Crippen molar-refractivity contribution in [3.05, 3.63) is 27.7 Å². The minimum absolute atomic E-state index is 0.0397. The number of halogens is 3. The van der Waals surface area contributed by atoms with Crippen LogP contribution >= 0.6 is 15.9 Å². The highest BCUT2D eigenvalue weighted by Crippen LogP contribution is 2.29. The molecule has 6 heteroatoms. The molecule has 108 valence electrons. The summed E-state index contributed by atoms with van der Waals surface area (Å²) in [5, 5.41) is 0. The van der Waals surface area contributed by atoms with Gasteiger partial charge in [-0.2, -0.15) is 0 Å². The summed E-state index contributed by atoms with van der Waals surface area (Å²) in [5.41, 5.74) is 0.323. The van der Waals surface area contributed by atoms with Crippen LogP contribution in [-0.2, 0) is 27.0 Å². The lowest BCUT2D eigenvalue weighted by Crippen LogP contribution is -2.14. The van der Waals surface area contributed by atoms with E-state index in [1.165, 1.54) is 6.07 Å². The zero-order valence-electron chi connectivity index (χ0n) is 11.4. The van der Waals surface area contributed by atoms with Crippen LogP contribution in [0.25, 0.3) is 0 Å². The summed E-state index contributed by atoms with van der Waals surface area (Å²) in [4.78, 5) is 0.117. The third-order valence-corrected chi connectivity index (χ3v) is 4.39. The van der Waals surface area contributed by atoms with Gasteiger partial charge in [-0.05, 0) is 19.9 Å². The molecule has 1 aromatic rings.